The van der Waals surface area contributed by atoms with Crippen LogP contribution < -0.4 is 5.32 Å². The average molecular weight is 261 g/mol. The summed E-state index contributed by atoms with van der Waals surface area (Å²) in [4.78, 5) is 23.0. The Bertz CT molecular complexity index is 285. The zero-order valence-corrected chi connectivity index (χ0v) is 11.6. The highest BCUT2D eigenvalue weighted by molar-refractivity contribution is 5.82. The van der Waals surface area contributed by atoms with Gasteiger partial charge < -0.3 is 19.9 Å². The maximum Gasteiger partial charge on any atom is 0.408 e. The Labute approximate surface area is 108 Å². The topological polar surface area (TPSA) is 84.9 Å². The van der Waals surface area contributed by atoms with E-state index in [4.69, 9.17) is 4.74 Å². The Morgan fingerprint density at radius 1 is 1.33 bits per heavy atom. The molecule has 0 saturated carbocycles. The summed E-state index contributed by atoms with van der Waals surface area (Å²) in [5.74, 6) is -0.693. The lowest BCUT2D eigenvalue weighted by atomic mass is 10.1. The van der Waals surface area contributed by atoms with Crippen molar-refractivity contribution in [1.29, 1.82) is 0 Å². The van der Waals surface area contributed by atoms with Gasteiger partial charge in [0.05, 0.1) is 13.2 Å². The molecule has 6 nitrogen and oxygen atoms in total. The van der Waals surface area contributed by atoms with Gasteiger partial charge in [0.1, 0.15) is 5.60 Å². The predicted octanol–water partition coefficient (Wildman–Crippen LogP) is 1.21. The highest BCUT2D eigenvalue weighted by Gasteiger charge is 2.30. The van der Waals surface area contributed by atoms with E-state index in [1.54, 1.807) is 20.8 Å². The first kappa shape index (κ1) is 16.7. The van der Waals surface area contributed by atoms with Gasteiger partial charge in [-0.25, -0.2) is 9.59 Å². The number of carbonyl (C=O) groups is 2. The molecule has 106 valence electrons. The smallest absolute Gasteiger partial charge is 0.408 e. The molecule has 0 rings (SSSR count). The van der Waals surface area contributed by atoms with Crippen molar-refractivity contribution >= 4 is 12.1 Å². The molecule has 0 spiro atoms. The highest BCUT2D eigenvalue weighted by atomic mass is 16.6. The average Bonchev–Trinajstić information content (AvgIpc) is 2.22. The Balaban J connectivity index is 4.59. The largest absolute Gasteiger partial charge is 0.467 e. The lowest BCUT2D eigenvalue weighted by molar-refractivity contribution is -0.146. The summed E-state index contributed by atoms with van der Waals surface area (Å²) >= 11 is 0. The number of aliphatic hydroxyl groups excluding tert-OH is 1. The summed E-state index contributed by atoms with van der Waals surface area (Å²) in [6, 6.07) is -1.11. The third-order valence-electron chi connectivity index (χ3n) is 2.10. The summed E-state index contributed by atoms with van der Waals surface area (Å²) in [5.41, 5.74) is -0.666. The third-order valence-corrected chi connectivity index (χ3v) is 2.10. The van der Waals surface area contributed by atoms with Gasteiger partial charge in [-0.1, -0.05) is 13.3 Å². The lowest BCUT2D eigenvalue weighted by Gasteiger charge is -2.24. The van der Waals surface area contributed by atoms with E-state index in [0.717, 1.165) is 0 Å². The van der Waals surface area contributed by atoms with E-state index >= 15 is 0 Å². The number of nitrogens with one attached hydrogen (secondary N) is 1. The van der Waals surface area contributed by atoms with Crippen molar-refractivity contribution in [3.05, 3.63) is 0 Å². The second-order valence-electron chi connectivity index (χ2n) is 5.00. The highest BCUT2D eigenvalue weighted by Crippen LogP contribution is 2.09. The van der Waals surface area contributed by atoms with Crippen LogP contribution in [0.15, 0.2) is 0 Å². The summed E-state index contributed by atoms with van der Waals surface area (Å²) in [6.07, 6.45) is -0.678. The fraction of sp³-hybridized carbons (Fsp3) is 0.833. The van der Waals surface area contributed by atoms with Crippen molar-refractivity contribution in [3.63, 3.8) is 0 Å². The molecule has 1 amide bonds. The van der Waals surface area contributed by atoms with E-state index in [9.17, 15) is 14.7 Å². The zero-order valence-electron chi connectivity index (χ0n) is 11.6. The molecule has 0 aromatic heterocycles. The Kier molecular flexibility index (Phi) is 6.68. The van der Waals surface area contributed by atoms with E-state index in [0.29, 0.717) is 12.8 Å². The molecular formula is C12H23NO5. The quantitative estimate of drug-likeness (QED) is 0.727. The molecule has 0 heterocycles. The van der Waals surface area contributed by atoms with Crippen LogP contribution in [0.3, 0.4) is 0 Å². The van der Waals surface area contributed by atoms with E-state index in [2.05, 4.69) is 10.1 Å². The Morgan fingerprint density at radius 2 is 1.89 bits per heavy atom. The fourth-order valence-corrected chi connectivity index (χ4v) is 1.34. The molecule has 0 aliphatic carbocycles. The summed E-state index contributed by atoms with van der Waals surface area (Å²) < 4.78 is 9.56. The third kappa shape index (κ3) is 6.44. The van der Waals surface area contributed by atoms with Crippen LogP contribution >= 0.6 is 0 Å². The molecule has 18 heavy (non-hydrogen) atoms. The van der Waals surface area contributed by atoms with Gasteiger partial charge >= 0.3 is 12.1 Å². The molecule has 0 aliphatic heterocycles. The van der Waals surface area contributed by atoms with Gasteiger partial charge in [0, 0.05) is 0 Å². The zero-order chi connectivity index (χ0) is 14.3. The summed E-state index contributed by atoms with van der Waals surface area (Å²) in [7, 11) is 1.20. The number of aliphatic hydroxyl groups is 1. The first-order valence-corrected chi connectivity index (χ1v) is 5.96. The van der Waals surface area contributed by atoms with Crippen LogP contribution in [0.1, 0.15) is 40.5 Å². The van der Waals surface area contributed by atoms with Crippen LogP contribution in [0.5, 0.6) is 0 Å². The minimum Gasteiger partial charge on any atom is -0.467 e. The molecule has 0 radical (unpaired) electrons. The number of methoxy groups -OCH3 is 1. The van der Waals surface area contributed by atoms with Crippen LogP contribution in [0.2, 0.25) is 0 Å². The van der Waals surface area contributed by atoms with Gasteiger partial charge in [-0.3, -0.25) is 0 Å². The lowest BCUT2D eigenvalue weighted by Crippen LogP contribution is -2.50. The number of hydrogen-bond acceptors (Lipinski definition) is 5. The molecule has 0 fully saturated rings. The van der Waals surface area contributed by atoms with Gasteiger partial charge in [0.25, 0.3) is 0 Å². The summed E-state index contributed by atoms with van der Waals surface area (Å²) in [5, 5.41) is 12.1. The first-order valence-electron chi connectivity index (χ1n) is 5.96. The molecule has 2 atom stereocenters. The van der Waals surface area contributed by atoms with Gasteiger partial charge in [-0.2, -0.15) is 0 Å². The van der Waals surface area contributed by atoms with Crippen molar-refractivity contribution in [3.8, 4) is 0 Å². The fourth-order valence-electron chi connectivity index (χ4n) is 1.34. The normalized spacial score (nSPS) is 14.6. The van der Waals surface area contributed by atoms with E-state index < -0.39 is 29.8 Å². The molecule has 6 heteroatoms. The second-order valence-corrected chi connectivity index (χ2v) is 5.00. The number of rotatable bonds is 5. The van der Waals surface area contributed by atoms with Crippen LogP contribution in [0.4, 0.5) is 4.79 Å². The van der Waals surface area contributed by atoms with Gasteiger partial charge in [0.15, 0.2) is 6.04 Å². The van der Waals surface area contributed by atoms with Crippen molar-refractivity contribution in [2.75, 3.05) is 7.11 Å². The second kappa shape index (κ2) is 7.20. The number of carbonyl (C=O) groups excluding carboxylic acids is 2. The molecule has 0 bridgehead atoms. The van der Waals surface area contributed by atoms with Gasteiger partial charge in [-0.15, -0.1) is 0 Å². The SMILES string of the molecule is CCC[C@@H](O)[C@H](NC(=O)OC(C)(C)C)C(=O)OC. The van der Waals surface area contributed by atoms with E-state index in [1.807, 2.05) is 6.92 Å². The minimum absolute atomic E-state index is 0.384. The Morgan fingerprint density at radius 3 is 2.28 bits per heavy atom. The van der Waals surface area contributed by atoms with Gasteiger partial charge in [-0.05, 0) is 27.2 Å². The number of alkyl carbamates (subject to hydrolysis) is 1. The molecule has 0 aromatic carbocycles. The predicted molar refractivity (Wildman–Crippen MR) is 66.1 cm³/mol. The molecule has 0 unspecified atom stereocenters. The number of esters is 1. The van der Waals surface area contributed by atoms with Crippen LogP contribution in [-0.2, 0) is 14.3 Å². The van der Waals surface area contributed by atoms with Crippen molar-refractivity contribution in [1.82, 2.24) is 5.32 Å². The standard InChI is InChI=1S/C12H23NO5/c1-6-7-8(14)9(10(15)17-5)13-11(16)18-12(2,3)4/h8-9,14H,6-7H2,1-5H3,(H,13,16)/t8-,9+/m1/s1. The number of hydrogen-bond donors (Lipinski definition) is 2. The first-order chi connectivity index (χ1) is 8.21. The molecule has 0 saturated heterocycles. The minimum atomic E-state index is -1.11. The van der Waals surface area contributed by atoms with Crippen LogP contribution in [0, 0.1) is 0 Å². The molecule has 2 N–H and O–H groups in total. The van der Waals surface area contributed by atoms with Crippen molar-refractivity contribution < 1.29 is 24.2 Å². The molecular weight excluding hydrogens is 238 g/mol. The maximum atomic E-state index is 11.5. The summed E-state index contributed by atoms with van der Waals surface area (Å²) in [6.45, 7) is 7.00. The Hall–Kier alpha value is -1.30. The van der Waals surface area contributed by atoms with E-state index in [1.165, 1.54) is 7.11 Å². The van der Waals surface area contributed by atoms with Crippen LogP contribution in [0.25, 0.3) is 0 Å². The van der Waals surface area contributed by atoms with Crippen LogP contribution in [-0.4, -0.2) is 42.0 Å². The van der Waals surface area contributed by atoms with E-state index in [-0.39, 0.29) is 0 Å². The van der Waals surface area contributed by atoms with Crippen molar-refractivity contribution in [2.24, 2.45) is 0 Å². The number of amides is 1. The molecule has 0 aliphatic rings. The maximum absolute atomic E-state index is 11.5. The van der Waals surface area contributed by atoms with Crippen molar-refractivity contribution in [2.45, 2.75) is 58.3 Å². The monoisotopic (exact) mass is 261 g/mol. The molecule has 0 aromatic rings. The number of ether oxygens (including phenoxy) is 2. The van der Waals surface area contributed by atoms with Gasteiger partial charge in [0.2, 0.25) is 0 Å².